The molecule has 0 spiro atoms. The van der Waals surface area contributed by atoms with Gasteiger partial charge in [0, 0.05) is 28.1 Å². The lowest BCUT2D eigenvalue weighted by molar-refractivity contribution is -0.138. The standard InChI is InChI=1S/C23H25BrClF3N2O3S/c1-2-34(32,33)21-7-6-17(25)10-16(21)13-29-22(31)15-11-19(23(26,27)28)18(20(24)12-15)14-30-8-4-3-5-9-30/h6-7,10-12H,2-5,8-9,13-14H2,1H3,(H,29,31). The van der Waals surface area contributed by atoms with Crippen LogP contribution in [0, 0.1) is 0 Å². The van der Waals surface area contributed by atoms with Crippen molar-refractivity contribution in [3.8, 4) is 0 Å². The fourth-order valence-electron chi connectivity index (χ4n) is 3.95. The zero-order valence-electron chi connectivity index (χ0n) is 18.5. The molecule has 1 heterocycles. The highest BCUT2D eigenvalue weighted by atomic mass is 79.9. The van der Waals surface area contributed by atoms with E-state index in [1.54, 1.807) is 0 Å². The molecule has 1 N–H and O–H groups in total. The molecular formula is C23H25BrClF3N2O3S. The number of hydrogen-bond donors (Lipinski definition) is 1. The van der Waals surface area contributed by atoms with Crippen LogP contribution >= 0.6 is 27.5 Å². The van der Waals surface area contributed by atoms with Crippen molar-refractivity contribution < 1.29 is 26.4 Å². The Balaban J connectivity index is 1.87. The second kappa shape index (κ2) is 11.0. The number of carbonyl (C=O) groups is 1. The van der Waals surface area contributed by atoms with Gasteiger partial charge in [-0.15, -0.1) is 0 Å². The molecule has 1 fully saturated rings. The van der Waals surface area contributed by atoms with Gasteiger partial charge < -0.3 is 5.32 Å². The third-order valence-corrected chi connectivity index (χ3v) is 8.54. The van der Waals surface area contributed by atoms with E-state index in [1.807, 2.05) is 4.90 Å². The first-order chi connectivity index (χ1) is 15.9. The number of hydrogen-bond acceptors (Lipinski definition) is 4. The van der Waals surface area contributed by atoms with Crippen molar-refractivity contribution in [1.29, 1.82) is 0 Å². The maximum atomic E-state index is 13.9. The molecule has 0 radical (unpaired) electrons. The minimum Gasteiger partial charge on any atom is -0.348 e. The average Bonchev–Trinajstić information content (AvgIpc) is 2.78. The Morgan fingerprint density at radius 2 is 1.82 bits per heavy atom. The lowest BCUT2D eigenvalue weighted by atomic mass is 10.0. The maximum absolute atomic E-state index is 13.9. The third-order valence-electron chi connectivity index (χ3n) is 5.77. The van der Waals surface area contributed by atoms with Crippen molar-refractivity contribution in [1.82, 2.24) is 10.2 Å². The average molecular weight is 582 g/mol. The van der Waals surface area contributed by atoms with Gasteiger partial charge in [0.1, 0.15) is 0 Å². The van der Waals surface area contributed by atoms with Gasteiger partial charge in [-0.3, -0.25) is 9.69 Å². The Morgan fingerprint density at radius 3 is 2.44 bits per heavy atom. The Bertz CT molecular complexity index is 1170. The first-order valence-electron chi connectivity index (χ1n) is 10.8. The molecule has 11 heteroatoms. The minimum absolute atomic E-state index is 0.0220. The van der Waals surface area contributed by atoms with Gasteiger partial charge in [-0.05, 0) is 67.4 Å². The summed E-state index contributed by atoms with van der Waals surface area (Å²) >= 11 is 9.22. The zero-order chi connectivity index (χ0) is 25.1. The number of rotatable bonds is 7. The highest BCUT2D eigenvalue weighted by molar-refractivity contribution is 9.10. The van der Waals surface area contributed by atoms with Gasteiger partial charge in [0.15, 0.2) is 9.84 Å². The SMILES string of the molecule is CCS(=O)(=O)c1ccc(Cl)cc1CNC(=O)c1cc(Br)c(CN2CCCCC2)c(C(F)(F)F)c1. The summed E-state index contributed by atoms with van der Waals surface area (Å²) in [7, 11) is -3.58. The van der Waals surface area contributed by atoms with E-state index in [0.717, 1.165) is 38.4 Å². The second-order valence-corrected chi connectivity index (χ2v) is 11.7. The van der Waals surface area contributed by atoms with Crippen LogP contribution in [0.2, 0.25) is 5.02 Å². The van der Waals surface area contributed by atoms with Crippen LogP contribution in [0.25, 0.3) is 0 Å². The molecule has 0 aliphatic carbocycles. The van der Waals surface area contributed by atoms with Gasteiger partial charge in [0.05, 0.1) is 16.2 Å². The van der Waals surface area contributed by atoms with Crippen molar-refractivity contribution in [3.05, 3.63) is 62.1 Å². The maximum Gasteiger partial charge on any atom is 0.416 e. The van der Waals surface area contributed by atoms with E-state index in [0.29, 0.717) is 0 Å². The zero-order valence-corrected chi connectivity index (χ0v) is 21.7. The molecule has 0 aromatic heterocycles. The van der Waals surface area contributed by atoms with Crippen LogP contribution in [0.1, 0.15) is 53.2 Å². The van der Waals surface area contributed by atoms with Gasteiger partial charge in [0.25, 0.3) is 5.91 Å². The van der Waals surface area contributed by atoms with Crippen LogP contribution < -0.4 is 5.32 Å². The molecule has 5 nitrogen and oxygen atoms in total. The molecular weight excluding hydrogens is 557 g/mol. The summed E-state index contributed by atoms with van der Waals surface area (Å²) in [5, 5.41) is 2.81. The van der Waals surface area contributed by atoms with Crippen molar-refractivity contribution >= 4 is 43.3 Å². The molecule has 2 aromatic carbocycles. The number of likely N-dealkylation sites (tertiary alicyclic amines) is 1. The number of benzene rings is 2. The van der Waals surface area contributed by atoms with Crippen LogP contribution in [0.4, 0.5) is 13.2 Å². The molecule has 1 saturated heterocycles. The number of nitrogens with zero attached hydrogens (tertiary/aromatic N) is 1. The van der Waals surface area contributed by atoms with Crippen molar-refractivity contribution in [2.45, 2.75) is 50.3 Å². The summed E-state index contributed by atoms with van der Waals surface area (Å²) in [6, 6.07) is 6.43. The number of sulfone groups is 1. The molecule has 1 aliphatic rings. The normalized spacial score (nSPS) is 15.4. The summed E-state index contributed by atoms with van der Waals surface area (Å²) < 4.78 is 66.6. The molecule has 0 atom stereocenters. The van der Waals surface area contributed by atoms with E-state index in [2.05, 4.69) is 21.2 Å². The van der Waals surface area contributed by atoms with E-state index in [9.17, 15) is 26.4 Å². The fraction of sp³-hybridized carbons (Fsp3) is 0.435. The Morgan fingerprint density at radius 1 is 1.15 bits per heavy atom. The molecule has 1 aliphatic heterocycles. The fourth-order valence-corrected chi connectivity index (χ4v) is 5.84. The quantitative estimate of drug-likeness (QED) is 0.447. The molecule has 0 bridgehead atoms. The largest absolute Gasteiger partial charge is 0.416 e. The van der Waals surface area contributed by atoms with E-state index in [-0.39, 0.29) is 49.9 Å². The molecule has 186 valence electrons. The minimum atomic E-state index is -4.64. The van der Waals surface area contributed by atoms with Gasteiger partial charge in [-0.25, -0.2) is 8.42 Å². The smallest absolute Gasteiger partial charge is 0.348 e. The number of piperidine rings is 1. The summed E-state index contributed by atoms with van der Waals surface area (Å²) in [5.74, 6) is -0.897. The monoisotopic (exact) mass is 580 g/mol. The van der Waals surface area contributed by atoms with Crippen LogP contribution in [0.15, 0.2) is 39.7 Å². The van der Waals surface area contributed by atoms with Gasteiger partial charge in [0.2, 0.25) is 0 Å². The van der Waals surface area contributed by atoms with Gasteiger partial charge >= 0.3 is 6.18 Å². The number of nitrogens with one attached hydrogen (secondary N) is 1. The highest BCUT2D eigenvalue weighted by Gasteiger charge is 2.36. The topological polar surface area (TPSA) is 66.5 Å². The van der Waals surface area contributed by atoms with Crippen molar-refractivity contribution in [3.63, 3.8) is 0 Å². The Hall–Kier alpha value is -1.62. The van der Waals surface area contributed by atoms with Crippen molar-refractivity contribution in [2.75, 3.05) is 18.8 Å². The summed E-state index contributed by atoms with van der Waals surface area (Å²) in [5.41, 5.74) is -0.685. The molecule has 2 aromatic rings. The predicted molar refractivity (Wildman–Crippen MR) is 129 cm³/mol. The number of alkyl halides is 3. The van der Waals surface area contributed by atoms with E-state index in [1.165, 1.54) is 31.2 Å². The van der Waals surface area contributed by atoms with E-state index >= 15 is 0 Å². The predicted octanol–water partition coefficient (Wildman–Crippen LogP) is 5.83. The van der Waals surface area contributed by atoms with Gasteiger partial charge in [-0.2, -0.15) is 13.2 Å². The van der Waals surface area contributed by atoms with Crippen LogP contribution in [-0.2, 0) is 29.1 Å². The lowest BCUT2D eigenvalue weighted by Crippen LogP contribution is -2.30. The second-order valence-electron chi connectivity index (χ2n) is 8.16. The Kier molecular flexibility index (Phi) is 8.70. The number of amides is 1. The third kappa shape index (κ3) is 6.53. The van der Waals surface area contributed by atoms with Crippen molar-refractivity contribution in [2.24, 2.45) is 0 Å². The summed E-state index contributed by atoms with van der Waals surface area (Å²) in [6.07, 6.45) is -1.69. The van der Waals surface area contributed by atoms with Gasteiger partial charge in [-0.1, -0.05) is 40.9 Å². The van der Waals surface area contributed by atoms with E-state index in [4.69, 9.17) is 11.6 Å². The summed E-state index contributed by atoms with van der Waals surface area (Å²) in [4.78, 5) is 14.8. The molecule has 3 rings (SSSR count). The highest BCUT2D eigenvalue weighted by Crippen LogP contribution is 2.37. The lowest BCUT2D eigenvalue weighted by Gasteiger charge is -2.28. The van der Waals surface area contributed by atoms with Crippen LogP contribution in [-0.4, -0.2) is 38.1 Å². The van der Waals surface area contributed by atoms with Crippen LogP contribution in [0.5, 0.6) is 0 Å². The first kappa shape index (κ1) is 27.0. The molecule has 0 saturated carbocycles. The number of halogens is 5. The molecule has 0 unspecified atom stereocenters. The first-order valence-corrected chi connectivity index (χ1v) is 13.7. The molecule has 1 amide bonds. The molecule has 34 heavy (non-hydrogen) atoms. The van der Waals surface area contributed by atoms with E-state index < -0.39 is 27.5 Å². The number of carbonyl (C=O) groups excluding carboxylic acids is 1. The Labute approximate surface area is 210 Å². The summed E-state index contributed by atoms with van der Waals surface area (Å²) in [6.45, 7) is 2.89. The van der Waals surface area contributed by atoms with Crippen LogP contribution in [0.3, 0.4) is 0 Å².